The molecule has 0 spiro atoms. The molecule has 2 N–H and O–H groups in total. The van der Waals surface area contributed by atoms with Crippen molar-refractivity contribution < 1.29 is 13.6 Å². The van der Waals surface area contributed by atoms with Gasteiger partial charge in [0.1, 0.15) is 12.0 Å². The first-order valence-corrected chi connectivity index (χ1v) is 8.07. The Morgan fingerprint density at radius 1 is 1.42 bits per heavy atom. The van der Waals surface area contributed by atoms with Gasteiger partial charge in [-0.25, -0.2) is 13.5 Å². The third-order valence-electron chi connectivity index (χ3n) is 4.20. The number of carbonyl (C=O) groups is 1. The zero-order valence-corrected chi connectivity index (χ0v) is 13.4. The highest BCUT2D eigenvalue weighted by Gasteiger charge is 2.24. The number of carbonyl (C=O) groups excluding carboxylic acids is 1. The standard InChI is InChI=1S/C17H20F2N4O/c1-2-16-15(17(24)21-9-13-7-12(19)8-20-13)10-22-23(16)14-5-3-11(18)4-6-14/h3-6,10,12-13,20H,2,7-9H2,1H3,(H,21,24)/t12-,13-/m0/s1. The zero-order chi connectivity index (χ0) is 17.1. The summed E-state index contributed by atoms with van der Waals surface area (Å²) in [5, 5.41) is 10.1. The van der Waals surface area contributed by atoms with Crippen molar-refractivity contribution in [1.82, 2.24) is 20.4 Å². The van der Waals surface area contributed by atoms with Gasteiger partial charge in [0.25, 0.3) is 5.91 Å². The normalized spacial score (nSPS) is 20.3. The minimum Gasteiger partial charge on any atom is -0.350 e. The molecule has 0 saturated carbocycles. The van der Waals surface area contributed by atoms with Crippen LogP contribution in [0.4, 0.5) is 8.78 Å². The summed E-state index contributed by atoms with van der Waals surface area (Å²) in [6.07, 6.45) is 1.68. The van der Waals surface area contributed by atoms with E-state index in [0.29, 0.717) is 37.2 Å². The van der Waals surface area contributed by atoms with Crippen LogP contribution >= 0.6 is 0 Å². The molecular formula is C17H20F2N4O. The predicted molar refractivity (Wildman–Crippen MR) is 86.5 cm³/mol. The van der Waals surface area contributed by atoms with Gasteiger partial charge in [0.05, 0.1) is 23.1 Å². The monoisotopic (exact) mass is 334 g/mol. The van der Waals surface area contributed by atoms with Gasteiger partial charge in [0.2, 0.25) is 0 Å². The van der Waals surface area contributed by atoms with Gasteiger partial charge in [-0.3, -0.25) is 4.79 Å². The quantitative estimate of drug-likeness (QED) is 0.879. The van der Waals surface area contributed by atoms with Crippen LogP contribution in [0.5, 0.6) is 0 Å². The molecule has 2 atom stereocenters. The zero-order valence-electron chi connectivity index (χ0n) is 13.4. The second-order valence-electron chi connectivity index (χ2n) is 5.89. The van der Waals surface area contributed by atoms with Crippen LogP contribution in [0.3, 0.4) is 0 Å². The van der Waals surface area contributed by atoms with Crippen molar-refractivity contribution in [3.63, 3.8) is 0 Å². The molecule has 0 aliphatic carbocycles. The molecule has 0 bridgehead atoms. The molecule has 1 aromatic carbocycles. The van der Waals surface area contributed by atoms with Gasteiger partial charge in [0.15, 0.2) is 0 Å². The topological polar surface area (TPSA) is 59.0 Å². The maximum absolute atomic E-state index is 13.1. The van der Waals surface area contributed by atoms with E-state index in [-0.39, 0.29) is 17.8 Å². The molecule has 128 valence electrons. The molecule has 3 rings (SSSR count). The maximum Gasteiger partial charge on any atom is 0.254 e. The summed E-state index contributed by atoms with van der Waals surface area (Å²) in [6.45, 7) is 2.65. The molecule has 0 radical (unpaired) electrons. The molecule has 1 fully saturated rings. The molecule has 5 nitrogen and oxygen atoms in total. The Hall–Kier alpha value is -2.28. The SMILES string of the molecule is CCc1c(C(=O)NC[C@@H]2C[C@H](F)CN2)cnn1-c1ccc(F)cc1. The molecule has 2 aromatic rings. The number of nitrogens with one attached hydrogen (secondary N) is 2. The van der Waals surface area contributed by atoms with E-state index in [1.54, 1.807) is 16.8 Å². The van der Waals surface area contributed by atoms with Crippen molar-refractivity contribution in [3.05, 3.63) is 47.5 Å². The lowest BCUT2D eigenvalue weighted by atomic mass is 10.1. The van der Waals surface area contributed by atoms with Crippen molar-refractivity contribution in [3.8, 4) is 5.69 Å². The fraction of sp³-hybridized carbons (Fsp3) is 0.412. The first-order chi connectivity index (χ1) is 11.6. The number of alkyl halides is 1. The molecule has 1 aromatic heterocycles. The van der Waals surface area contributed by atoms with Crippen LogP contribution in [0.25, 0.3) is 5.69 Å². The highest BCUT2D eigenvalue weighted by molar-refractivity contribution is 5.95. The van der Waals surface area contributed by atoms with Crippen LogP contribution in [-0.2, 0) is 6.42 Å². The number of amides is 1. The Morgan fingerprint density at radius 2 is 2.17 bits per heavy atom. The van der Waals surface area contributed by atoms with E-state index < -0.39 is 6.17 Å². The van der Waals surface area contributed by atoms with Crippen LogP contribution in [0.2, 0.25) is 0 Å². The fourth-order valence-corrected chi connectivity index (χ4v) is 2.95. The van der Waals surface area contributed by atoms with Gasteiger partial charge in [0, 0.05) is 19.1 Å². The lowest BCUT2D eigenvalue weighted by Gasteiger charge is -2.12. The summed E-state index contributed by atoms with van der Waals surface area (Å²) in [6, 6.07) is 5.91. The predicted octanol–water partition coefficient (Wildman–Crippen LogP) is 2.00. The molecule has 1 saturated heterocycles. The Kier molecular flexibility index (Phi) is 4.89. The van der Waals surface area contributed by atoms with Gasteiger partial charge < -0.3 is 10.6 Å². The minimum atomic E-state index is -0.848. The number of hydrogen-bond donors (Lipinski definition) is 2. The van der Waals surface area contributed by atoms with Crippen LogP contribution in [0.15, 0.2) is 30.5 Å². The number of rotatable bonds is 5. The molecule has 0 unspecified atom stereocenters. The highest BCUT2D eigenvalue weighted by Crippen LogP contribution is 2.17. The molecule has 24 heavy (non-hydrogen) atoms. The molecule has 1 aliphatic rings. The summed E-state index contributed by atoms with van der Waals surface area (Å²) in [4.78, 5) is 12.4. The minimum absolute atomic E-state index is 0.0406. The Labute approximate surface area is 139 Å². The summed E-state index contributed by atoms with van der Waals surface area (Å²) >= 11 is 0. The van der Waals surface area contributed by atoms with E-state index in [0.717, 1.165) is 5.69 Å². The molecule has 7 heteroatoms. The van der Waals surface area contributed by atoms with Crippen LogP contribution in [-0.4, -0.2) is 41.0 Å². The third-order valence-corrected chi connectivity index (χ3v) is 4.20. The lowest BCUT2D eigenvalue weighted by Crippen LogP contribution is -2.37. The average Bonchev–Trinajstić information content (AvgIpc) is 3.19. The van der Waals surface area contributed by atoms with E-state index >= 15 is 0 Å². The Bertz CT molecular complexity index is 714. The van der Waals surface area contributed by atoms with Crippen molar-refractivity contribution >= 4 is 5.91 Å². The van der Waals surface area contributed by atoms with Crippen molar-refractivity contribution in [2.75, 3.05) is 13.1 Å². The van der Waals surface area contributed by atoms with E-state index in [4.69, 9.17) is 0 Å². The number of hydrogen-bond acceptors (Lipinski definition) is 3. The summed E-state index contributed by atoms with van der Waals surface area (Å²) in [7, 11) is 0. The summed E-state index contributed by atoms with van der Waals surface area (Å²) in [5.41, 5.74) is 1.93. The Balaban J connectivity index is 1.73. The van der Waals surface area contributed by atoms with Gasteiger partial charge in [-0.05, 0) is 37.1 Å². The second kappa shape index (κ2) is 7.09. The average molecular weight is 334 g/mol. The van der Waals surface area contributed by atoms with Gasteiger partial charge in [-0.2, -0.15) is 5.10 Å². The fourth-order valence-electron chi connectivity index (χ4n) is 2.95. The van der Waals surface area contributed by atoms with E-state index in [1.807, 2.05) is 6.92 Å². The lowest BCUT2D eigenvalue weighted by molar-refractivity contribution is 0.0949. The van der Waals surface area contributed by atoms with Crippen LogP contribution in [0, 0.1) is 5.82 Å². The largest absolute Gasteiger partial charge is 0.350 e. The van der Waals surface area contributed by atoms with Crippen molar-refractivity contribution in [1.29, 1.82) is 0 Å². The number of nitrogens with zero attached hydrogens (tertiary/aromatic N) is 2. The molecule has 2 heterocycles. The van der Waals surface area contributed by atoms with Crippen LogP contribution in [0.1, 0.15) is 29.4 Å². The third kappa shape index (κ3) is 3.46. The van der Waals surface area contributed by atoms with Gasteiger partial charge in [-0.15, -0.1) is 0 Å². The first kappa shape index (κ1) is 16.6. The maximum atomic E-state index is 13.1. The number of benzene rings is 1. The van der Waals surface area contributed by atoms with E-state index in [9.17, 15) is 13.6 Å². The van der Waals surface area contributed by atoms with Crippen molar-refractivity contribution in [2.24, 2.45) is 0 Å². The summed E-state index contributed by atoms with van der Waals surface area (Å²) in [5.74, 6) is -0.554. The highest BCUT2D eigenvalue weighted by atomic mass is 19.1. The second-order valence-corrected chi connectivity index (χ2v) is 5.89. The molecule has 1 amide bonds. The van der Waals surface area contributed by atoms with E-state index in [2.05, 4.69) is 15.7 Å². The van der Waals surface area contributed by atoms with Gasteiger partial charge >= 0.3 is 0 Å². The number of halogens is 2. The molecule has 1 aliphatic heterocycles. The van der Waals surface area contributed by atoms with E-state index in [1.165, 1.54) is 18.3 Å². The van der Waals surface area contributed by atoms with Crippen molar-refractivity contribution in [2.45, 2.75) is 32.0 Å². The van der Waals surface area contributed by atoms with Crippen LogP contribution < -0.4 is 10.6 Å². The Morgan fingerprint density at radius 3 is 2.79 bits per heavy atom. The first-order valence-electron chi connectivity index (χ1n) is 8.07. The number of aromatic nitrogens is 2. The smallest absolute Gasteiger partial charge is 0.254 e. The molecular weight excluding hydrogens is 314 g/mol. The van der Waals surface area contributed by atoms with Gasteiger partial charge in [-0.1, -0.05) is 6.92 Å². The summed E-state index contributed by atoms with van der Waals surface area (Å²) < 4.78 is 27.9.